The van der Waals surface area contributed by atoms with Crippen molar-refractivity contribution in [2.24, 2.45) is 10.9 Å². The summed E-state index contributed by atoms with van der Waals surface area (Å²) in [5.41, 5.74) is 1.25. The van der Waals surface area contributed by atoms with Crippen molar-refractivity contribution in [2.45, 2.75) is 37.6 Å². The summed E-state index contributed by atoms with van der Waals surface area (Å²) < 4.78 is 19.1. The third-order valence-electron chi connectivity index (χ3n) is 7.36. The van der Waals surface area contributed by atoms with Gasteiger partial charge >= 0.3 is 0 Å². The summed E-state index contributed by atoms with van der Waals surface area (Å²) in [6.45, 7) is 6.89. The summed E-state index contributed by atoms with van der Waals surface area (Å²) in [4.78, 5) is 11.3. The fourth-order valence-corrected chi connectivity index (χ4v) is 5.23. The minimum Gasteiger partial charge on any atom is -0.454 e. The molecule has 1 N–H and O–H groups in total. The lowest BCUT2D eigenvalue weighted by Gasteiger charge is -2.42. The van der Waals surface area contributed by atoms with Crippen LogP contribution in [-0.4, -0.2) is 67.1 Å². The smallest absolute Gasteiger partial charge is 0.231 e. The second-order valence-corrected chi connectivity index (χ2v) is 9.15. The number of aliphatic imine (C=N–C) groups is 1. The number of rotatable bonds is 4. The Labute approximate surface area is 212 Å². The van der Waals surface area contributed by atoms with Gasteiger partial charge < -0.3 is 29.0 Å². The third kappa shape index (κ3) is 4.94. The van der Waals surface area contributed by atoms with Gasteiger partial charge in [0.25, 0.3) is 0 Å². The molecule has 2 aromatic rings. The van der Waals surface area contributed by atoms with E-state index in [0.29, 0.717) is 18.8 Å². The molecule has 33 heavy (non-hydrogen) atoms. The Morgan fingerprint density at radius 1 is 1.24 bits per heavy atom. The molecule has 0 bridgehead atoms. The third-order valence-corrected chi connectivity index (χ3v) is 7.36. The van der Waals surface area contributed by atoms with E-state index in [9.17, 15) is 0 Å². The van der Waals surface area contributed by atoms with Crippen molar-refractivity contribution in [3.05, 3.63) is 42.5 Å². The summed E-state index contributed by atoms with van der Waals surface area (Å²) in [6.07, 6.45) is 8.91. The molecule has 2 saturated heterocycles. The maximum Gasteiger partial charge on any atom is 0.231 e. The number of imidazole rings is 1. The second kappa shape index (κ2) is 10.5. The van der Waals surface area contributed by atoms with Gasteiger partial charge in [-0.15, -0.1) is 24.0 Å². The molecule has 1 aromatic heterocycles. The maximum atomic E-state index is 5.72. The van der Waals surface area contributed by atoms with Gasteiger partial charge in [-0.3, -0.25) is 4.99 Å². The van der Waals surface area contributed by atoms with E-state index in [-0.39, 0.29) is 29.4 Å². The van der Waals surface area contributed by atoms with Crippen LogP contribution in [-0.2, 0) is 10.2 Å². The fraction of sp³-hybridized carbons (Fsp3) is 0.583. The van der Waals surface area contributed by atoms with E-state index < -0.39 is 0 Å². The monoisotopic (exact) mass is 567 g/mol. The normalized spacial score (nSPS) is 24.3. The van der Waals surface area contributed by atoms with Crippen LogP contribution >= 0.6 is 24.0 Å². The van der Waals surface area contributed by atoms with Crippen molar-refractivity contribution in [3.63, 3.8) is 0 Å². The molecular weight excluding hydrogens is 533 g/mol. The number of nitrogens with zero attached hydrogens (tertiary/aromatic N) is 4. The molecule has 4 heterocycles. The average Bonchev–Trinajstić information content (AvgIpc) is 3.53. The van der Waals surface area contributed by atoms with Gasteiger partial charge in [0.15, 0.2) is 17.5 Å². The van der Waals surface area contributed by atoms with E-state index in [2.05, 4.69) is 50.0 Å². The van der Waals surface area contributed by atoms with E-state index in [1.807, 2.05) is 25.6 Å². The summed E-state index contributed by atoms with van der Waals surface area (Å²) in [7, 11) is 1.88. The van der Waals surface area contributed by atoms with Crippen molar-refractivity contribution in [1.82, 2.24) is 19.8 Å². The Morgan fingerprint density at radius 2 is 2.06 bits per heavy atom. The van der Waals surface area contributed by atoms with Gasteiger partial charge in [-0.1, -0.05) is 13.0 Å². The topological polar surface area (TPSA) is 73.1 Å². The standard InChI is InChI=1S/C24H33N5O3.HI/c1-18-5-9-28(14-20(18)29-10-8-26-16-29)23(25-2)27-15-24(6-11-30-12-7-24)19-3-4-21-22(13-19)32-17-31-21;/h3-4,8,10,13,16,18,20H,5-7,9,11-12,14-15,17H2,1-2H3,(H,25,27);1H. The Balaban J connectivity index is 0.00000259. The van der Waals surface area contributed by atoms with Crippen LogP contribution in [0.2, 0.25) is 0 Å². The minimum absolute atomic E-state index is 0. The summed E-state index contributed by atoms with van der Waals surface area (Å²) >= 11 is 0. The molecule has 3 aliphatic rings. The quantitative estimate of drug-likeness (QED) is 0.347. The number of fused-ring (bicyclic) bond motifs is 1. The molecule has 2 atom stereocenters. The van der Waals surface area contributed by atoms with E-state index >= 15 is 0 Å². The number of nitrogens with one attached hydrogen (secondary N) is 1. The number of guanidine groups is 1. The van der Waals surface area contributed by atoms with Gasteiger partial charge in [0, 0.05) is 57.7 Å². The average molecular weight is 567 g/mol. The highest BCUT2D eigenvalue weighted by atomic mass is 127. The number of aromatic nitrogens is 2. The van der Waals surface area contributed by atoms with Crippen molar-refractivity contribution in [3.8, 4) is 11.5 Å². The van der Waals surface area contributed by atoms with Crippen LogP contribution in [0.4, 0.5) is 0 Å². The maximum absolute atomic E-state index is 5.72. The lowest BCUT2D eigenvalue weighted by Crippen LogP contribution is -2.52. The van der Waals surface area contributed by atoms with Crippen LogP contribution in [0.25, 0.3) is 0 Å². The molecule has 2 unspecified atom stereocenters. The van der Waals surface area contributed by atoms with E-state index in [1.54, 1.807) is 0 Å². The molecule has 0 aliphatic carbocycles. The van der Waals surface area contributed by atoms with Crippen LogP contribution in [0.3, 0.4) is 0 Å². The first-order valence-corrected chi connectivity index (χ1v) is 11.6. The van der Waals surface area contributed by atoms with Crippen LogP contribution in [0.15, 0.2) is 41.9 Å². The Bertz CT molecular complexity index is 946. The minimum atomic E-state index is -0.0258. The molecule has 8 nitrogen and oxygen atoms in total. The Morgan fingerprint density at radius 3 is 2.82 bits per heavy atom. The number of piperidine rings is 1. The number of ether oxygens (including phenoxy) is 3. The first kappa shape index (κ1) is 24.1. The molecule has 3 aliphatic heterocycles. The van der Waals surface area contributed by atoms with Crippen molar-refractivity contribution >= 4 is 29.9 Å². The molecular formula is C24H34IN5O3. The molecule has 9 heteroatoms. The Hall–Kier alpha value is -2.01. The molecule has 0 radical (unpaired) electrons. The number of hydrogen-bond acceptors (Lipinski definition) is 5. The predicted octanol–water partition coefficient (Wildman–Crippen LogP) is 3.44. The summed E-state index contributed by atoms with van der Waals surface area (Å²) in [6, 6.07) is 6.76. The highest BCUT2D eigenvalue weighted by molar-refractivity contribution is 14.0. The number of likely N-dealkylation sites (tertiary alicyclic amines) is 1. The SMILES string of the molecule is CN=C(NCC1(c2ccc3c(c2)OCO3)CCOCC1)N1CCC(C)C(n2ccnc2)C1.I. The molecule has 1 aromatic carbocycles. The zero-order valence-electron chi connectivity index (χ0n) is 19.4. The lowest BCUT2D eigenvalue weighted by atomic mass is 9.74. The first-order chi connectivity index (χ1) is 15.7. The zero-order valence-corrected chi connectivity index (χ0v) is 21.7. The number of halogens is 1. The largest absolute Gasteiger partial charge is 0.454 e. The highest BCUT2D eigenvalue weighted by Crippen LogP contribution is 2.40. The van der Waals surface area contributed by atoms with Crippen LogP contribution in [0.5, 0.6) is 11.5 Å². The summed E-state index contributed by atoms with van der Waals surface area (Å²) in [5, 5.41) is 3.72. The zero-order chi connectivity index (χ0) is 22.0. The predicted molar refractivity (Wildman–Crippen MR) is 138 cm³/mol. The highest BCUT2D eigenvalue weighted by Gasteiger charge is 2.37. The van der Waals surface area contributed by atoms with E-state index in [4.69, 9.17) is 14.2 Å². The van der Waals surface area contributed by atoms with Gasteiger partial charge in [-0.05, 0) is 42.9 Å². The van der Waals surface area contributed by atoms with Gasteiger partial charge in [-0.2, -0.15) is 0 Å². The second-order valence-electron chi connectivity index (χ2n) is 9.15. The van der Waals surface area contributed by atoms with Crippen LogP contribution in [0.1, 0.15) is 37.8 Å². The van der Waals surface area contributed by atoms with Crippen molar-refractivity contribution < 1.29 is 14.2 Å². The van der Waals surface area contributed by atoms with Crippen LogP contribution < -0.4 is 14.8 Å². The van der Waals surface area contributed by atoms with Crippen molar-refractivity contribution in [2.75, 3.05) is 46.7 Å². The van der Waals surface area contributed by atoms with Gasteiger partial charge in [0.05, 0.1) is 12.4 Å². The van der Waals surface area contributed by atoms with E-state index in [0.717, 1.165) is 69.6 Å². The van der Waals surface area contributed by atoms with Crippen molar-refractivity contribution in [1.29, 1.82) is 0 Å². The number of benzene rings is 1. The van der Waals surface area contributed by atoms with Gasteiger partial charge in [0.2, 0.25) is 6.79 Å². The van der Waals surface area contributed by atoms with E-state index in [1.165, 1.54) is 5.56 Å². The fourth-order valence-electron chi connectivity index (χ4n) is 5.23. The lowest BCUT2D eigenvalue weighted by molar-refractivity contribution is 0.0509. The van der Waals surface area contributed by atoms with Crippen LogP contribution in [0, 0.1) is 5.92 Å². The molecule has 180 valence electrons. The molecule has 2 fully saturated rings. The van der Waals surface area contributed by atoms with Gasteiger partial charge in [0.1, 0.15) is 0 Å². The molecule has 0 amide bonds. The molecule has 0 spiro atoms. The summed E-state index contributed by atoms with van der Waals surface area (Å²) in [5.74, 6) is 3.24. The Kier molecular flexibility index (Phi) is 7.68. The van der Waals surface area contributed by atoms with Gasteiger partial charge in [-0.25, -0.2) is 4.98 Å². The molecule has 5 rings (SSSR count). The molecule has 0 saturated carbocycles. The first-order valence-electron chi connectivity index (χ1n) is 11.6. The number of hydrogen-bond donors (Lipinski definition) is 1.